The monoisotopic (exact) mass is 439 g/mol. The van der Waals surface area contributed by atoms with E-state index in [1.807, 2.05) is 6.07 Å². The molecule has 1 heterocycles. The molecule has 3 rings (SSSR count). The highest BCUT2D eigenvalue weighted by Crippen LogP contribution is 2.41. The number of amides is 1. The average molecular weight is 439 g/mol. The number of carbonyl (C=O) groups excluding carboxylic acids is 1. The second-order valence-corrected chi connectivity index (χ2v) is 7.14. The number of carbonyl (C=O) groups is 1. The molecule has 0 aliphatic carbocycles. The van der Waals surface area contributed by atoms with E-state index in [4.69, 9.17) is 5.73 Å². The van der Waals surface area contributed by atoms with Crippen LogP contribution in [0.2, 0.25) is 0 Å². The molecule has 0 saturated carbocycles. The fraction of sp³-hybridized carbons (Fsp3) is 0.217. The smallest absolute Gasteiger partial charge is 0.387 e. The predicted octanol–water partition coefficient (Wildman–Crippen LogP) is 3.37. The van der Waals surface area contributed by atoms with E-state index in [-0.39, 0.29) is 17.6 Å². The Bertz CT molecular complexity index is 1140. The number of allylic oxidation sites excluding steroid dienone is 1. The minimum atomic E-state index is -2.96. The zero-order valence-electron chi connectivity index (χ0n) is 17.9. The van der Waals surface area contributed by atoms with Crippen molar-refractivity contribution in [3.8, 4) is 5.75 Å². The summed E-state index contributed by atoms with van der Waals surface area (Å²) < 4.78 is 30.0. The summed E-state index contributed by atoms with van der Waals surface area (Å²) >= 11 is 0. The molecule has 2 aromatic carbocycles. The summed E-state index contributed by atoms with van der Waals surface area (Å²) in [6, 6.07) is 11.7. The van der Waals surface area contributed by atoms with Crippen molar-refractivity contribution in [1.82, 2.24) is 4.90 Å². The number of hydrogen-bond donors (Lipinski definition) is 1. The second kappa shape index (κ2) is 9.09. The topological polar surface area (TPSA) is 92.6 Å². The van der Waals surface area contributed by atoms with E-state index < -0.39 is 12.2 Å². The third-order valence-corrected chi connectivity index (χ3v) is 5.16. The molecule has 7 nitrogen and oxygen atoms in total. The fourth-order valence-electron chi connectivity index (χ4n) is 3.63. The minimum Gasteiger partial charge on any atom is -0.435 e. The molecule has 0 aromatic heterocycles. The molecule has 1 atom stereocenters. The van der Waals surface area contributed by atoms with Gasteiger partial charge in [-0.1, -0.05) is 24.3 Å². The molecule has 166 valence electrons. The highest BCUT2D eigenvalue weighted by Gasteiger charge is 2.49. The summed E-state index contributed by atoms with van der Waals surface area (Å²) in [6.07, 6.45) is 3.18. The van der Waals surface area contributed by atoms with Crippen LogP contribution in [-0.4, -0.2) is 50.4 Å². The summed E-state index contributed by atoms with van der Waals surface area (Å²) in [4.78, 5) is 27.1. The van der Waals surface area contributed by atoms with Crippen LogP contribution in [0, 0.1) is 6.92 Å². The Labute approximate surface area is 184 Å². The Morgan fingerprint density at radius 1 is 1.28 bits per heavy atom. The number of aryl methyl sites for hydroxylation is 1. The van der Waals surface area contributed by atoms with Crippen molar-refractivity contribution in [2.75, 3.05) is 14.1 Å². The predicted molar refractivity (Wildman–Crippen MR) is 121 cm³/mol. The van der Waals surface area contributed by atoms with E-state index in [0.29, 0.717) is 22.3 Å². The zero-order valence-corrected chi connectivity index (χ0v) is 17.9. The second-order valence-electron chi connectivity index (χ2n) is 7.14. The number of guanidine groups is 1. The average Bonchev–Trinajstić information content (AvgIpc) is 2.99. The van der Waals surface area contributed by atoms with Gasteiger partial charge in [0.2, 0.25) is 0 Å². The molecule has 2 aromatic rings. The SMILES string of the molecule is C=N/C=C(\C=NC)c1cccc(C2(c3ccc(OC(F)F)c(C)c3)N=C(N)N(C)C2=O)c1. The number of aliphatic imine (C=N–C) groups is 3. The van der Waals surface area contributed by atoms with Gasteiger partial charge in [-0.05, 0) is 54.1 Å². The molecular formula is C23H23F2N5O2. The van der Waals surface area contributed by atoms with Gasteiger partial charge in [-0.25, -0.2) is 4.99 Å². The van der Waals surface area contributed by atoms with Crippen molar-refractivity contribution in [3.05, 3.63) is 70.9 Å². The number of hydrogen-bond acceptors (Lipinski definition) is 6. The Kier molecular flexibility index (Phi) is 6.47. The molecular weight excluding hydrogens is 416 g/mol. The summed E-state index contributed by atoms with van der Waals surface area (Å²) in [6.45, 7) is 2.15. The number of nitrogens with two attached hydrogens (primary N) is 1. The summed E-state index contributed by atoms with van der Waals surface area (Å²) in [5, 5.41) is 0. The minimum absolute atomic E-state index is 0.0184. The molecule has 2 N–H and O–H groups in total. The van der Waals surface area contributed by atoms with Crippen LogP contribution >= 0.6 is 0 Å². The maximum absolute atomic E-state index is 13.5. The summed E-state index contributed by atoms with van der Waals surface area (Å²) in [7, 11) is 3.17. The largest absolute Gasteiger partial charge is 0.435 e. The molecule has 1 unspecified atom stereocenters. The number of rotatable bonds is 7. The Balaban J connectivity index is 2.23. The van der Waals surface area contributed by atoms with Gasteiger partial charge in [0.1, 0.15) is 5.75 Å². The van der Waals surface area contributed by atoms with Gasteiger partial charge in [0.25, 0.3) is 5.91 Å². The van der Waals surface area contributed by atoms with Gasteiger partial charge in [-0.2, -0.15) is 8.78 Å². The Morgan fingerprint density at radius 2 is 2.00 bits per heavy atom. The van der Waals surface area contributed by atoms with Gasteiger partial charge < -0.3 is 10.5 Å². The highest BCUT2D eigenvalue weighted by molar-refractivity contribution is 6.11. The van der Waals surface area contributed by atoms with E-state index >= 15 is 0 Å². The normalized spacial score (nSPS) is 19.1. The van der Waals surface area contributed by atoms with Crippen molar-refractivity contribution < 1.29 is 18.3 Å². The van der Waals surface area contributed by atoms with Crippen molar-refractivity contribution in [2.45, 2.75) is 19.1 Å². The van der Waals surface area contributed by atoms with Gasteiger partial charge >= 0.3 is 6.61 Å². The maximum Gasteiger partial charge on any atom is 0.387 e. The molecule has 0 bridgehead atoms. The molecule has 0 fully saturated rings. The number of benzene rings is 2. The molecule has 1 aliphatic heterocycles. The quantitative estimate of drug-likeness (QED) is 0.671. The lowest BCUT2D eigenvalue weighted by atomic mass is 9.81. The zero-order chi connectivity index (χ0) is 23.5. The molecule has 9 heteroatoms. The Morgan fingerprint density at radius 3 is 2.56 bits per heavy atom. The van der Waals surface area contributed by atoms with Crippen molar-refractivity contribution in [1.29, 1.82) is 0 Å². The lowest BCUT2D eigenvalue weighted by molar-refractivity contribution is -0.129. The molecule has 0 radical (unpaired) electrons. The van der Waals surface area contributed by atoms with E-state index in [9.17, 15) is 13.6 Å². The van der Waals surface area contributed by atoms with E-state index in [1.54, 1.807) is 56.7 Å². The standard InChI is InChI=1S/C23H23F2N5O2/c1-14-10-18(8-9-19(14)32-21(24)25)23(20(31)30(4)22(26)29-23)17-7-5-6-15(11-17)16(12-27-2)13-28-3/h5-13,21H,2H2,1,3-4H3,(H2,26,29)/b16-12+,28-13?. The number of ether oxygens (including phenoxy) is 1. The van der Waals surface area contributed by atoms with Gasteiger partial charge in [0, 0.05) is 32.1 Å². The first-order chi connectivity index (χ1) is 15.2. The molecule has 0 saturated heterocycles. The number of halogens is 2. The lowest BCUT2D eigenvalue weighted by Crippen LogP contribution is -2.41. The van der Waals surface area contributed by atoms with Crippen molar-refractivity contribution in [3.63, 3.8) is 0 Å². The molecule has 1 aliphatic rings. The van der Waals surface area contributed by atoms with Gasteiger partial charge in [0.15, 0.2) is 11.5 Å². The van der Waals surface area contributed by atoms with E-state index in [1.165, 1.54) is 18.0 Å². The summed E-state index contributed by atoms with van der Waals surface area (Å²) in [5.74, 6) is -0.306. The van der Waals surface area contributed by atoms with Crippen LogP contribution in [0.4, 0.5) is 8.78 Å². The van der Waals surface area contributed by atoms with Gasteiger partial charge in [-0.3, -0.25) is 19.7 Å². The van der Waals surface area contributed by atoms with Crippen molar-refractivity contribution >= 4 is 30.4 Å². The molecule has 32 heavy (non-hydrogen) atoms. The van der Waals surface area contributed by atoms with Crippen LogP contribution in [-0.2, 0) is 10.3 Å². The Hall–Kier alpha value is -3.88. The highest BCUT2D eigenvalue weighted by atomic mass is 19.3. The van der Waals surface area contributed by atoms with Gasteiger partial charge in [0.05, 0.1) is 0 Å². The molecule has 1 amide bonds. The van der Waals surface area contributed by atoms with E-state index in [0.717, 1.165) is 5.56 Å². The third-order valence-electron chi connectivity index (χ3n) is 5.16. The van der Waals surface area contributed by atoms with Crippen LogP contribution in [0.15, 0.2) is 63.6 Å². The summed E-state index contributed by atoms with van der Waals surface area (Å²) in [5.41, 5.74) is 7.42. The number of likely N-dealkylation sites (N-methyl/N-ethyl adjacent to an activating group) is 1. The van der Waals surface area contributed by atoms with Crippen molar-refractivity contribution in [2.24, 2.45) is 20.7 Å². The third kappa shape index (κ3) is 4.01. The maximum atomic E-state index is 13.5. The van der Waals surface area contributed by atoms with Crippen LogP contribution in [0.3, 0.4) is 0 Å². The van der Waals surface area contributed by atoms with Crippen LogP contribution < -0.4 is 10.5 Å². The van der Waals surface area contributed by atoms with Crippen LogP contribution in [0.25, 0.3) is 5.57 Å². The first kappa shape index (κ1) is 22.8. The first-order valence-electron chi connectivity index (χ1n) is 9.63. The number of alkyl halides is 2. The lowest BCUT2D eigenvalue weighted by Gasteiger charge is -2.27. The number of nitrogens with zero attached hydrogens (tertiary/aromatic N) is 4. The van der Waals surface area contributed by atoms with E-state index in [2.05, 4.69) is 26.4 Å². The van der Waals surface area contributed by atoms with Crippen LogP contribution in [0.5, 0.6) is 5.75 Å². The molecule has 0 spiro atoms. The fourth-order valence-corrected chi connectivity index (χ4v) is 3.63. The van der Waals surface area contributed by atoms with Gasteiger partial charge in [-0.15, -0.1) is 0 Å². The van der Waals surface area contributed by atoms with Crippen LogP contribution in [0.1, 0.15) is 22.3 Å². The first-order valence-corrected chi connectivity index (χ1v) is 9.63.